The first kappa shape index (κ1) is 21.9. The van der Waals surface area contributed by atoms with Crippen LogP contribution in [0.3, 0.4) is 0 Å². The van der Waals surface area contributed by atoms with Gasteiger partial charge in [-0.25, -0.2) is 0 Å². The van der Waals surface area contributed by atoms with Crippen molar-refractivity contribution in [1.29, 1.82) is 0 Å². The Kier molecular flexibility index (Phi) is 10.3. The third-order valence-corrected chi connectivity index (χ3v) is 4.51. The van der Waals surface area contributed by atoms with Crippen LogP contribution in [0.5, 0.6) is 11.5 Å². The van der Waals surface area contributed by atoms with Gasteiger partial charge in [0.05, 0.1) is 11.1 Å². The van der Waals surface area contributed by atoms with Gasteiger partial charge in [0, 0.05) is 25.2 Å². The van der Waals surface area contributed by atoms with Crippen molar-refractivity contribution >= 4 is 0 Å². The second-order valence-corrected chi connectivity index (χ2v) is 5.88. The normalized spacial score (nSPS) is 10.6. The summed E-state index contributed by atoms with van der Waals surface area (Å²) in [6.45, 7) is 15.4. The van der Waals surface area contributed by atoms with Crippen LogP contribution in [0.25, 0.3) is 0 Å². The molecule has 0 unspecified atom stereocenters. The van der Waals surface area contributed by atoms with Gasteiger partial charge < -0.3 is 19.3 Å². The smallest absolute Gasteiger partial charge is 0.136 e. The maximum Gasteiger partial charge on any atom is 0.136 e. The van der Waals surface area contributed by atoms with Gasteiger partial charge in [-0.1, -0.05) is 39.5 Å². The SMILES string of the molecule is C#Cc1cc(OCCN(CC)CC)c(C#C)cc1OCCN(CC)CC. The van der Waals surface area contributed by atoms with Crippen molar-refractivity contribution in [3.8, 4) is 36.2 Å². The number of hydrogen-bond donors (Lipinski definition) is 0. The predicted molar refractivity (Wildman–Crippen MR) is 109 cm³/mol. The molecule has 4 nitrogen and oxygen atoms in total. The molecule has 4 heteroatoms. The summed E-state index contributed by atoms with van der Waals surface area (Å²) in [5.74, 6) is 6.64. The summed E-state index contributed by atoms with van der Waals surface area (Å²) in [5.41, 5.74) is 1.34. The van der Waals surface area contributed by atoms with Gasteiger partial charge in [-0.3, -0.25) is 0 Å². The average Bonchev–Trinajstić information content (AvgIpc) is 2.68. The van der Waals surface area contributed by atoms with E-state index in [1.165, 1.54) is 0 Å². The number of rotatable bonds is 12. The van der Waals surface area contributed by atoms with Gasteiger partial charge in [-0.2, -0.15) is 0 Å². The minimum Gasteiger partial charge on any atom is -0.491 e. The van der Waals surface area contributed by atoms with Crippen molar-refractivity contribution in [3.63, 3.8) is 0 Å². The van der Waals surface area contributed by atoms with Crippen LogP contribution in [-0.2, 0) is 0 Å². The third-order valence-electron chi connectivity index (χ3n) is 4.51. The maximum atomic E-state index is 5.89. The lowest BCUT2D eigenvalue weighted by Crippen LogP contribution is -2.28. The van der Waals surface area contributed by atoms with E-state index in [4.69, 9.17) is 22.3 Å². The lowest BCUT2D eigenvalue weighted by Gasteiger charge is -2.20. The zero-order chi connectivity index (χ0) is 19.4. The van der Waals surface area contributed by atoms with Crippen LogP contribution < -0.4 is 9.47 Å². The summed E-state index contributed by atoms with van der Waals surface area (Å²) in [6, 6.07) is 3.62. The maximum absolute atomic E-state index is 5.89. The quantitative estimate of drug-likeness (QED) is 0.537. The molecular weight excluding hydrogens is 324 g/mol. The van der Waals surface area contributed by atoms with E-state index in [0.29, 0.717) is 35.8 Å². The van der Waals surface area contributed by atoms with Crippen LogP contribution in [0.4, 0.5) is 0 Å². The third kappa shape index (κ3) is 6.64. The topological polar surface area (TPSA) is 24.9 Å². The zero-order valence-electron chi connectivity index (χ0n) is 16.7. The van der Waals surface area contributed by atoms with Crippen molar-refractivity contribution in [2.45, 2.75) is 27.7 Å². The molecule has 0 bridgehead atoms. The van der Waals surface area contributed by atoms with Crippen LogP contribution in [0, 0.1) is 24.7 Å². The molecule has 142 valence electrons. The molecule has 0 amide bonds. The highest BCUT2D eigenvalue weighted by Crippen LogP contribution is 2.28. The summed E-state index contributed by atoms with van der Waals surface area (Å²) in [7, 11) is 0. The molecule has 1 aromatic carbocycles. The van der Waals surface area contributed by atoms with Gasteiger partial charge in [-0.05, 0) is 26.2 Å². The number of ether oxygens (including phenoxy) is 2. The minimum atomic E-state index is 0.572. The average molecular weight is 357 g/mol. The molecule has 0 fully saturated rings. The van der Waals surface area contributed by atoms with Gasteiger partial charge in [0.25, 0.3) is 0 Å². The van der Waals surface area contributed by atoms with E-state index in [1.54, 1.807) is 0 Å². The summed E-state index contributed by atoms with van der Waals surface area (Å²) < 4.78 is 11.8. The molecule has 0 aromatic heterocycles. The highest BCUT2D eigenvalue weighted by molar-refractivity contribution is 5.57. The molecule has 0 heterocycles. The van der Waals surface area contributed by atoms with Crippen molar-refractivity contribution in [2.24, 2.45) is 0 Å². The largest absolute Gasteiger partial charge is 0.491 e. The van der Waals surface area contributed by atoms with E-state index in [1.807, 2.05) is 12.1 Å². The molecule has 0 aliphatic heterocycles. The number of benzene rings is 1. The van der Waals surface area contributed by atoms with Gasteiger partial charge >= 0.3 is 0 Å². The van der Waals surface area contributed by atoms with Crippen LogP contribution in [0.2, 0.25) is 0 Å². The summed E-state index contributed by atoms with van der Waals surface area (Å²) in [4.78, 5) is 4.59. The fourth-order valence-corrected chi connectivity index (χ4v) is 2.67. The van der Waals surface area contributed by atoms with E-state index in [-0.39, 0.29) is 0 Å². The first-order valence-electron chi connectivity index (χ1n) is 9.44. The molecule has 1 rings (SSSR count). The van der Waals surface area contributed by atoms with E-state index >= 15 is 0 Å². The van der Waals surface area contributed by atoms with Crippen LogP contribution in [0.15, 0.2) is 12.1 Å². The van der Waals surface area contributed by atoms with Gasteiger partial charge in [0.2, 0.25) is 0 Å². The fraction of sp³-hybridized carbons (Fsp3) is 0.545. The Bertz CT molecular complexity index is 565. The Labute approximate surface area is 159 Å². The summed E-state index contributed by atoms with van der Waals surface area (Å²) >= 11 is 0. The molecular formula is C22H32N2O2. The van der Waals surface area contributed by atoms with Gasteiger partial charge in [0.15, 0.2) is 0 Å². The van der Waals surface area contributed by atoms with Crippen molar-refractivity contribution in [2.75, 3.05) is 52.5 Å². The number of terminal acetylenes is 2. The van der Waals surface area contributed by atoms with E-state index < -0.39 is 0 Å². The monoisotopic (exact) mass is 356 g/mol. The predicted octanol–water partition coefficient (Wildman–Crippen LogP) is 3.09. The highest BCUT2D eigenvalue weighted by atomic mass is 16.5. The zero-order valence-corrected chi connectivity index (χ0v) is 16.7. The highest BCUT2D eigenvalue weighted by Gasteiger charge is 2.11. The molecule has 0 saturated heterocycles. The Morgan fingerprint density at radius 1 is 0.731 bits per heavy atom. The standard InChI is InChI=1S/C22H32N2O2/c1-7-19-17-22(26-16-14-24(11-5)12-6)20(8-2)18-21(19)25-15-13-23(9-3)10-4/h1-2,17-18H,9-16H2,3-6H3. The molecule has 0 aliphatic carbocycles. The molecule has 1 aromatic rings. The lowest BCUT2D eigenvalue weighted by atomic mass is 10.1. The first-order chi connectivity index (χ1) is 12.6. The van der Waals surface area contributed by atoms with E-state index in [2.05, 4.69) is 49.3 Å². The minimum absolute atomic E-state index is 0.572. The van der Waals surface area contributed by atoms with Crippen LogP contribution in [-0.4, -0.2) is 62.3 Å². The number of nitrogens with zero attached hydrogens (tertiary/aromatic N) is 2. The lowest BCUT2D eigenvalue weighted by molar-refractivity contribution is 0.218. The Balaban J connectivity index is 2.80. The molecule has 0 radical (unpaired) electrons. The Hall–Kier alpha value is -2.14. The second kappa shape index (κ2) is 12.3. The van der Waals surface area contributed by atoms with Gasteiger partial charge in [0.1, 0.15) is 24.7 Å². The van der Waals surface area contributed by atoms with Gasteiger partial charge in [-0.15, -0.1) is 12.8 Å². The molecule has 0 N–H and O–H groups in total. The van der Waals surface area contributed by atoms with Crippen LogP contribution in [0.1, 0.15) is 38.8 Å². The fourth-order valence-electron chi connectivity index (χ4n) is 2.67. The molecule has 0 aliphatic rings. The molecule has 0 spiro atoms. The number of hydrogen-bond acceptors (Lipinski definition) is 4. The van der Waals surface area contributed by atoms with E-state index in [9.17, 15) is 0 Å². The van der Waals surface area contributed by atoms with E-state index in [0.717, 1.165) is 39.3 Å². The summed E-state index contributed by atoms with van der Waals surface area (Å²) in [5, 5.41) is 0. The van der Waals surface area contributed by atoms with Crippen molar-refractivity contribution < 1.29 is 9.47 Å². The molecule has 26 heavy (non-hydrogen) atoms. The van der Waals surface area contributed by atoms with Crippen molar-refractivity contribution in [1.82, 2.24) is 9.80 Å². The number of likely N-dealkylation sites (N-methyl/N-ethyl adjacent to an activating group) is 2. The first-order valence-corrected chi connectivity index (χ1v) is 9.44. The second-order valence-electron chi connectivity index (χ2n) is 5.88. The Morgan fingerprint density at radius 2 is 1.08 bits per heavy atom. The van der Waals surface area contributed by atoms with Crippen molar-refractivity contribution in [3.05, 3.63) is 23.3 Å². The Morgan fingerprint density at radius 3 is 1.35 bits per heavy atom. The van der Waals surface area contributed by atoms with Crippen LogP contribution >= 0.6 is 0 Å². The molecule has 0 saturated carbocycles. The summed E-state index contributed by atoms with van der Waals surface area (Å²) in [6.07, 6.45) is 11.3. The molecule has 0 atom stereocenters.